The van der Waals surface area contributed by atoms with Gasteiger partial charge in [0.1, 0.15) is 0 Å². The van der Waals surface area contributed by atoms with Gasteiger partial charge in [-0.2, -0.15) is 0 Å². The van der Waals surface area contributed by atoms with Gasteiger partial charge < -0.3 is 10.1 Å². The van der Waals surface area contributed by atoms with E-state index in [1.807, 2.05) is 0 Å². The summed E-state index contributed by atoms with van der Waals surface area (Å²) in [6.07, 6.45) is 0.811. The zero-order valence-corrected chi connectivity index (χ0v) is 9.88. The summed E-state index contributed by atoms with van der Waals surface area (Å²) in [7, 11) is 1.37. The van der Waals surface area contributed by atoms with Gasteiger partial charge >= 0.3 is 11.7 Å². The van der Waals surface area contributed by atoms with E-state index in [-0.39, 0.29) is 17.5 Å². The zero-order valence-electron chi connectivity index (χ0n) is 9.88. The second-order valence-corrected chi connectivity index (χ2v) is 3.85. The minimum absolute atomic E-state index is 0.145. The molecule has 1 aliphatic rings. The Hall–Kier alpha value is -2.31. The normalized spacial score (nSPS) is 15.2. The van der Waals surface area contributed by atoms with E-state index in [0.29, 0.717) is 18.8 Å². The van der Waals surface area contributed by atoms with Crippen molar-refractivity contribution in [3.8, 4) is 5.75 Å². The summed E-state index contributed by atoms with van der Waals surface area (Å²) in [5.41, 5.74) is 0.355. The van der Waals surface area contributed by atoms with Crippen molar-refractivity contribution in [3.63, 3.8) is 0 Å². The third-order valence-corrected chi connectivity index (χ3v) is 2.75. The summed E-state index contributed by atoms with van der Waals surface area (Å²) in [6.45, 7) is 1.18. The maximum atomic E-state index is 11.6. The third kappa shape index (κ3) is 2.20. The number of benzene rings is 1. The molecule has 18 heavy (non-hydrogen) atoms. The number of anilines is 1. The highest BCUT2D eigenvalue weighted by atomic mass is 16.6. The molecule has 96 valence electrons. The average molecular weight is 251 g/mol. The number of carbonyl (C=O) groups excluding carboxylic acids is 1. The predicted molar refractivity (Wildman–Crippen MR) is 65.0 cm³/mol. The van der Waals surface area contributed by atoms with Crippen LogP contribution in [-0.2, 0) is 0 Å². The number of hydrogen-bond donors (Lipinski definition) is 1. The number of nitrogens with one attached hydrogen (secondary N) is 1. The Morgan fingerprint density at radius 2 is 2.28 bits per heavy atom. The van der Waals surface area contributed by atoms with E-state index in [1.165, 1.54) is 24.1 Å². The van der Waals surface area contributed by atoms with Crippen molar-refractivity contribution in [2.45, 2.75) is 6.42 Å². The van der Waals surface area contributed by atoms with E-state index in [9.17, 15) is 14.9 Å². The first-order valence-electron chi connectivity index (χ1n) is 5.51. The van der Waals surface area contributed by atoms with Crippen LogP contribution in [0.5, 0.6) is 5.75 Å². The van der Waals surface area contributed by atoms with E-state index in [1.54, 1.807) is 6.07 Å². The van der Waals surface area contributed by atoms with E-state index in [4.69, 9.17) is 4.74 Å². The molecule has 1 fully saturated rings. The molecular weight excluding hydrogens is 238 g/mol. The molecule has 0 bridgehead atoms. The SMILES string of the molecule is COc1ccc(N2CCCNC2=O)cc1[N+](=O)[O-]. The number of nitro groups is 1. The number of rotatable bonds is 3. The van der Waals surface area contributed by atoms with E-state index >= 15 is 0 Å². The summed E-state index contributed by atoms with van der Waals surface area (Å²) in [5.74, 6) is 0.182. The second kappa shape index (κ2) is 4.91. The number of hydrogen-bond acceptors (Lipinski definition) is 4. The molecule has 0 aromatic heterocycles. The highest BCUT2D eigenvalue weighted by Crippen LogP contribution is 2.31. The highest BCUT2D eigenvalue weighted by molar-refractivity contribution is 5.93. The fraction of sp³-hybridized carbons (Fsp3) is 0.364. The molecule has 1 N–H and O–H groups in total. The smallest absolute Gasteiger partial charge is 0.321 e. The maximum Gasteiger partial charge on any atom is 0.321 e. The number of urea groups is 1. The van der Waals surface area contributed by atoms with Crippen molar-refractivity contribution < 1.29 is 14.5 Å². The molecule has 0 atom stereocenters. The largest absolute Gasteiger partial charge is 0.490 e. The first-order valence-corrected chi connectivity index (χ1v) is 5.51. The molecule has 1 saturated heterocycles. The van der Waals surface area contributed by atoms with Crippen LogP contribution < -0.4 is 15.0 Å². The van der Waals surface area contributed by atoms with Gasteiger partial charge in [-0.3, -0.25) is 15.0 Å². The molecular formula is C11H13N3O4. The Morgan fingerprint density at radius 1 is 1.50 bits per heavy atom. The molecule has 2 rings (SSSR count). The predicted octanol–water partition coefficient (Wildman–Crippen LogP) is 1.52. The average Bonchev–Trinajstić information content (AvgIpc) is 2.38. The molecule has 7 nitrogen and oxygen atoms in total. The number of methoxy groups -OCH3 is 1. The fourth-order valence-corrected chi connectivity index (χ4v) is 1.86. The van der Waals surface area contributed by atoms with Crippen molar-refractivity contribution in [1.29, 1.82) is 0 Å². The van der Waals surface area contributed by atoms with Gasteiger partial charge in [-0.25, -0.2) is 4.79 Å². The summed E-state index contributed by atoms with van der Waals surface area (Å²) >= 11 is 0. The number of amides is 2. The van der Waals surface area contributed by atoms with Gasteiger partial charge in [-0.15, -0.1) is 0 Å². The maximum absolute atomic E-state index is 11.6. The lowest BCUT2D eigenvalue weighted by Gasteiger charge is -2.27. The van der Waals surface area contributed by atoms with Crippen LogP contribution in [0.4, 0.5) is 16.2 Å². The van der Waals surface area contributed by atoms with Gasteiger partial charge in [0.2, 0.25) is 0 Å². The van der Waals surface area contributed by atoms with Gasteiger partial charge in [-0.1, -0.05) is 0 Å². The summed E-state index contributed by atoms with van der Waals surface area (Å²) in [5, 5.41) is 13.6. The van der Waals surface area contributed by atoms with Crippen molar-refractivity contribution in [3.05, 3.63) is 28.3 Å². The Labute approximate surface area is 103 Å². The summed E-state index contributed by atoms with van der Waals surface area (Å²) in [4.78, 5) is 23.5. The van der Waals surface area contributed by atoms with Crippen molar-refractivity contribution in [2.24, 2.45) is 0 Å². The molecule has 0 aliphatic carbocycles. The van der Waals surface area contributed by atoms with E-state index < -0.39 is 4.92 Å². The molecule has 1 aromatic carbocycles. The first kappa shape index (κ1) is 12.2. The van der Waals surface area contributed by atoms with Crippen LogP contribution in [-0.4, -0.2) is 31.2 Å². The van der Waals surface area contributed by atoms with Crippen molar-refractivity contribution >= 4 is 17.4 Å². The lowest BCUT2D eigenvalue weighted by Crippen LogP contribution is -2.46. The first-order chi connectivity index (χ1) is 8.63. The third-order valence-electron chi connectivity index (χ3n) is 2.75. The van der Waals surface area contributed by atoms with E-state index in [0.717, 1.165) is 6.42 Å². The number of nitrogens with zero attached hydrogens (tertiary/aromatic N) is 2. The molecule has 0 saturated carbocycles. The van der Waals surface area contributed by atoms with Crippen LogP contribution in [0.25, 0.3) is 0 Å². The van der Waals surface area contributed by atoms with Crippen LogP contribution in [0.2, 0.25) is 0 Å². The molecule has 0 unspecified atom stereocenters. The van der Waals surface area contributed by atoms with Crippen LogP contribution in [0.1, 0.15) is 6.42 Å². The van der Waals surface area contributed by atoms with E-state index in [2.05, 4.69) is 5.32 Å². The quantitative estimate of drug-likeness (QED) is 0.652. The van der Waals surface area contributed by atoms with Gasteiger partial charge in [0.05, 0.1) is 17.7 Å². The second-order valence-electron chi connectivity index (χ2n) is 3.85. The minimum Gasteiger partial charge on any atom is -0.490 e. The molecule has 2 amide bonds. The van der Waals surface area contributed by atoms with Crippen LogP contribution in [0.3, 0.4) is 0 Å². The Morgan fingerprint density at radius 3 is 2.89 bits per heavy atom. The van der Waals surface area contributed by atoms with Crippen molar-refractivity contribution in [1.82, 2.24) is 5.32 Å². The Bertz CT molecular complexity index is 489. The molecule has 1 aromatic rings. The summed E-state index contributed by atoms with van der Waals surface area (Å²) < 4.78 is 4.92. The monoisotopic (exact) mass is 251 g/mol. The molecule has 1 heterocycles. The van der Waals surface area contributed by atoms with Gasteiger partial charge in [-0.05, 0) is 18.6 Å². The topological polar surface area (TPSA) is 84.7 Å². The van der Waals surface area contributed by atoms with Gasteiger partial charge in [0.25, 0.3) is 0 Å². The number of nitro benzene ring substituents is 1. The Kier molecular flexibility index (Phi) is 3.31. The molecule has 0 spiro atoms. The fourth-order valence-electron chi connectivity index (χ4n) is 1.86. The Balaban J connectivity index is 2.36. The van der Waals surface area contributed by atoms with Crippen molar-refractivity contribution in [2.75, 3.05) is 25.1 Å². The van der Waals surface area contributed by atoms with Crippen LogP contribution in [0.15, 0.2) is 18.2 Å². The van der Waals surface area contributed by atoms with Gasteiger partial charge in [0.15, 0.2) is 5.75 Å². The lowest BCUT2D eigenvalue weighted by atomic mass is 10.2. The number of carbonyl (C=O) groups is 1. The molecule has 1 aliphatic heterocycles. The molecule has 0 radical (unpaired) electrons. The number of ether oxygens (including phenoxy) is 1. The highest BCUT2D eigenvalue weighted by Gasteiger charge is 2.23. The lowest BCUT2D eigenvalue weighted by molar-refractivity contribution is -0.385. The molecule has 7 heteroatoms. The zero-order chi connectivity index (χ0) is 13.1. The summed E-state index contributed by atoms with van der Waals surface area (Å²) in [6, 6.07) is 4.25. The standard InChI is InChI=1S/C11H13N3O4/c1-18-10-4-3-8(7-9(10)14(16)17)13-6-2-5-12-11(13)15/h3-4,7H,2,5-6H2,1H3,(H,12,15). The minimum atomic E-state index is -0.524. The van der Waals surface area contributed by atoms with Gasteiger partial charge in [0, 0.05) is 19.2 Å². The van der Waals surface area contributed by atoms with Crippen LogP contribution >= 0.6 is 0 Å². The van der Waals surface area contributed by atoms with Crippen LogP contribution in [0, 0.1) is 10.1 Å².